The van der Waals surface area contributed by atoms with Gasteiger partial charge in [-0.1, -0.05) is 28.1 Å². The van der Waals surface area contributed by atoms with Gasteiger partial charge in [0.25, 0.3) is 0 Å². The van der Waals surface area contributed by atoms with E-state index in [4.69, 9.17) is 4.74 Å². The molecule has 0 saturated heterocycles. The lowest BCUT2D eigenvalue weighted by Gasteiger charge is -2.10. The molecule has 0 bridgehead atoms. The SMILES string of the molecule is Cc1ccc(Br)cc1OCCNCCc1cccs1. The number of nitrogens with one attached hydrogen (secondary N) is 1. The molecular weight excluding hydrogens is 322 g/mol. The summed E-state index contributed by atoms with van der Waals surface area (Å²) in [4.78, 5) is 1.43. The highest BCUT2D eigenvalue weighted by Crippen LogP contribution is 2.22. The lowest BCUT2D eigenvalue weighted by Crippen LogP contribution is -2.23. The number of hydrogen-bond acceptors (Lipinski definition) is 3. The Kier molecular flexibility index (Phi) is 5.89. The number of benzene rings is 1. The van der Waals surface area contributed by atoms with Crippen LogP contribution in [0.2, 0.25) is 0 Å². The van der Waals surface area contributed by atoms with Crippen molar-refractivity contribution in [3.05, 3.63) is 50.6 Å². The smallest absolute Gasteiger partial charge is 0.123 e. The van der Waals surface area contributed by atoms with Crippen molar-refractivity contribution in [2.75, 3.05) is 19.7 Å². The van der Waals surface area contributed by atoms with E-state index >= 15 is 0 Å². The third kappa shape index (κ3) is 4.97. The Hall–Kier alpha value is -0.840. The minimum Gasteiger partial charge on any atom is -0.492 e. The highest BCUT2D eigenvalue weighted by molar-refractivity contribution is 9.10. The first-order valence-corrected chi connectivity index (χ1v) is 8.05. The van der Waals surface area contributed by atoms with Crippen molar-refractivity contribution in [1.82, 2.24) is 5.32 Å². The first-order valence-electron chi connectivity index (χ1n) is 6.38. The van der Waals surface area contributed by atoms with Gasteiger partial charge in [-0.25, -0.2) is 0 Å². The van der Waals surface area contributed by atoms with E-state index < -0.39 is 0 Å². The van der Waals surface area contributed by atoms with Crippen LogP contribution in [0.4, 0.5) is 0 Å². The van der Waals surface area contributed by atoms with Gasteiger partial charge in [-0.3, -0.25) is 0 Å². The molecule has 0 fully saturated rings. The molecule has 102 valence electrons. The molecule has 2 rings (SSSR count). The first-order chi connectivity index (χ1) is 9.25. The molecule has 0 spiro atoms. The maximum Gasteiger partial charge on any atom is 0.123 e. The Balaban J connectivity index is 1.62. The van der Waals surface area contributed by atoms with E-state index in [1.165, 1.54) is 10.4 Å². The van der Waals surface area contributed by atoms with Crippen LogP contribution in [0.3, 0.4) is 0 Å². The van der Waals surface area contributed by atoms with E-state index in [0.717, 1.165) is 29.7 Å². The monoisotopic (exact) mass is 339 g/mol. The summed E-state index contributed by atoms with van der Waals surface area (Å²) < 4.78 is 6.82. The second kappa shape index (κ2) is 7.68. The van der Waals surface area contributed by atoms with Gasteiger partial charge in [0.15, 0.2) is 0 Å². The molecular formula is C15H18BrNOS. The minimum absolute atomic E-state index is 0.696. The van der Waals surface area contributed by atoms with Gasteiger partial charge >= 0.3 is 0 Å². The fraction of sp³-hybridized carbons (Fsp3) is 0.333. The average Bonchev–Trinajstić information content (AvgIpc) is 2.90. The molecule has 19 heavy (non-hydrogen) atoms. The third-order valence-corrected chi connectivity index (χ3v) is 4.24. The highest BCUT2D eigenvalue weighted by Gasteiger charge is 2.00. The van der Waals surface area contributed by atoms with E-state index in [0.29, 0.717) is 6.61 Å². The molecule has 0 saturated carbocycles. The Morgan fingerprint density at radius 3 is 2.95 bits per heavy atom. The fourth-order valence-corrected chi connectivity index (χ4v) is 2.80. The van der Waals surface area contributed by atoms with Gasteiger partial charge in [-0.15, -0.1) is 11.3 Å². The topological polar surface area (TPSA) is 21.3 Å². The summed E-state index contributed by atoms with van der Waals surface area (Å²) in [5.41, 5.74) is 1.17. The van der Waals surface area contributed by atoms with Crippen molar-refractivity contribution in [2.45, 2.75) is 13.3 Å². The fourth-order valence-electron chi connectivity index (χ4n) is 1.75. The second-order valence-corrected chi connectivity index (χ2v) is 6.29. The predicted octanol–water partition coefficient (Wildman–Crippen LogP) is 4.03. The van der Waals surface area contributed by atoms with Gasteiger partial charge in [0, 0.05) is 22.4 Å². The molecule has 0 radical (unpaired) electrons. The first kappa shape index (κ1) is 14.6. The molecule has 0 unspecified atom stereocenters. The molecule has 1 heterocycles. The van der Waals surface area contributed by atoms with Crippen molar-refractivity contribution in [1.29, 1.82) is 0 Å². The normalized spacial score (nSPS) is 10.6. The number of hydrogen-bond donors (Lipinski definition) is 1. The van der Waals surface area contributed by atoms with Crippen molar-refractivity contribution in [2.24, 2.45) is 0 Å². The van der Waals surface area contributed by atoms with Crippen LogP contribution in [0.15, 0.2) is 40.2 Å². The molecule has 0 aliphatic rings. The number of ether oxygens (including phenoxy) is 1. The lowest BCUT2D eigenvalue weighted by atomic mass is 10.2. The van der Waals surface area contributed by atoms with Gasteiger partial charge in [0.2, 0.25) is 0 Å². The average molecular weight is 340 g/mol. The maximum absolute atomic E-state index is 5.76. The number of rotatable bonds is 7. The quantitative estimate of drug-likeness (QED) is 0.769. The van der Waals surface area contributed by atoms with E-state index in [9.17, 15) is 0 Å². The zero-order chi connectivity index (χ0) is 13.5. The molecule has 4 heteroatoms. The number of halogens is 1. The Morgan fingerprint density at radius 1 is 1.26 bits per heavy atom. The number of aryl methyl sites for hydroxylation is 1. The van der Waals surface area contributed by atoms with Crippen LogP contribution < -0.4 is 10.1 Å². The van der Waals surface area contributed by atoms with E-state index in [1.54, 1.807) is 0 Å². The van der Waals surface area contributed by atoms with E-state index in [1.807, 2.05) is 23.5 Å². The summed E-state index contributed by atoms with van der Waals surface area (Å²) in [7, 11) is 0. The van der Waals surface area contributed by atoms with Crippen molar-refractivity contribution < 1.29 is 4.74 Å². The van der Waals surface area contributed by atoms with Crippen molar-refractivity contribution in [3.8, 4) is 5.75 Å². The summed E-state index contributed by atoms with van der Waals surface area (Å²) in [6.45, 7) is 4.63. The molecule has 0 aliphatic heterocycles. The zero-order valence-corrected chi connectivity index (χ0v) is 13.4. The summed E-state index contributed by atoms with van der Waals surface area (Å²) >= 11 is 5.27. The predicted molar refractivity (Wildman–Crippen MR) is 85.3 cm³/mol. The molecule has 1 aromatic heterocycles. The van der Waals surface area contributed by atoms with Crippen LogP contribution in [-0.2, 0) is 6.42 Å². The summed E-state index contributed by atoms with van der Waals surface area (Å²) in [5.74, 6) is 0.953. The number of thiophene rings is 1. The van der Waals surface area contributed by atoms with E-state index in [2.05, 4.69) is 51.7 Å². The summed E-state index contributed by atoms with van der Waals surface area (Å²) in [6, 6.07) is 10.4. The van der Waals surface area contributed by atoms with Crippen LogP contribution >= 0.6 is 27.3 Å². The zero-order valence-electron chi connectivity index (χ0n) is 11.0. The molecule has 0 aliphatic carbocycles. The van der Waals surface area contributed by atoms with Crippen LogP contribution in [0.25, 0.3) is 0 Å². The van der Waals surface area contributed by atoms with Crippen molar-refractivity contribution >= 4 is 27.3 Å². The summed E-state index contributed by atoms with van der Waals surface area (Å²) in [6.07, 6.45) is 1.09. The third-order valence-electron chi connectivity index (χ3n) is 2.81. The highest BCUT2D eigenvalue weighted by atomic mass is 79.9. The van der Waals surface area contributed by atoms with Gasteiger partial charge in [-0.2, -0.15) is 0 Å². The minimum atomic E-state index is 0.696. The Labute approximate surface area is 126 Å². The molecule has 2 nitrogen and oxygen atoms in total. The molecule has 2 aromatic rings. The molecule has 0 amide bonds. The molecule has 1 aromatic carbocycles. The summed E-state index contributed by atoms with van der Waals surface area (Å²) in [5, 5.41) is 5.52. The van der Waals surface area contributed by atoms with Gasteiger partial charge in [0.1, 0.15) is 12.4 Å². The van der Waals surface area contributed by atoms with E-state index in [-0.39, 0.29) is 0 Å². The molecule has 0 atom stereocenters. The largest absolute Gasteiger partial charge is 0.492 e. The van der Waals surface area contributed by atoms with Crippen LogP contribution in [0.5, 0.6) is 5.75 Å². The van der Waals surface area contributed by atoms with Crippen LogP contribution in [0, 0.1) is 6.92 Å². The van der Waals surface area contributed by atoms with Gasteiger partial charge in [-0.05, 0) is 42.5 Å². The Morgan fingerprint density at radius 2 is 2.16 bits per heavy atom. The van der Waals surface area contributed by atoms with Crippen molar-refractivity contribution in [3.63, 3.8) is 0 Å². The maximum atomic E-state index is 5.76. The molecule has 1 N–H and O–H groups in total. The standard InChI is InChI=1S/C15H18BrNOS/c1-12-4-5-13(16)11-15(12)18-9-8-17-7-6-14-3-2-10-19-14/h2-5,10-11,17H,6-9H2,1H3. The van der Waals surface area contributed by atoms with Crippen LogP contribution in [-0.4, -0.2) is 19.7 Å². The second-order valence-electron chi connectivity index (χ2n) is 4.34. The lowest BCUT2D eigenvalue weighted by molar-refractivity contribution is 0.312. The van der Waals surface area contributed by atoms with Crippen LogP contribution in [0.1, 0.15) is 10.4 Å². The van der Waals surface area contributed by atoms with Gasteiger partial charge < -0.3 is 10.1 Å². The Bertz CT molecular complexity index is 499. The van der Waals surface area contributed by atoms with Gasteiger partial charge in [0.05, 0.1) is 0 Å².